The minimum absolute atomic E-state index is 0.362. The van der Waals surface area contributed by atoms with Gasteiger partial charge in [0.25, 0.3) is 0 Å². The Bertz CT molecular complexity index is 598. The molecular weight excluding hydrogens is 252 g/mol. The second-order valence-corrected chi connectivity index (χ2v) is 4.19. The number of benzene rings is 2. The predicted octanol–water partition coefficient (Wildman–Crippen LogP) is 3.41. The van der Waals surface area contributed by atoms with Crippen molar-refractivity contribution in [2.75, 3.05) is 14.2 Å². The zero-order valence-corrected chi connectivity index (χ0v) is 11.5. The summed E-state index contributed by atoms with van der Waals surface area (Å²) in [7, 11) is 2.99. The van der Waals surface area contributed by atoms with Gasteiger partial charge >= 0.3 is 5.97 Å². The van der Waals surface area contributed by atoms with Gasteiger partial charge in [-0.2, -0.15) is 0 Å². The molecule has 0 aliphatic carbocycles. The molecule has 3 nitrogen and oxygen atoms in total. The molecule has 0 heterocycles. The van der Waals surface area contributed by atoms with E-state index < -0.39 is 0 Å². The minimum Gasteiger partial charge on any atom is -0.497 e. The lowest BCUT2D eigenvalue weighted by atomic mass is 10.0. The lowest BCUT2D eigenvalue weighted by molar-refractivity contribution is -0.133. The molecule has 0 amide bonds. The summed E-state index contributed by atoms with van der Waals surface area (Å²) < 4.78 is 9.98. The van der Waals surface area contributed by atoms with Gasteiger partial charge in [0, 0.05) is 0 Å². The third-order valence-electron chi connectivity index (χ3n) is 2.92. The summed E-state index contributed by atoms with van der Waals surface area (Å²) in [5, 5.41) is 0. The number of carbonyl (C=O) groups is 1. The Labute approximate surface area is 118 Å². The van der Waals surface area contributed by atoms with Gasteiger partial charge < -0.3 is 9.47 Å². The molecule has 0 saturated carbocycles. The van der Waals surface area contributed by atoms with Gasteiger partial charge in [0.15, 0.2) is 0 Å². The standard InChI is InChI=1S/C17H16O3/c1-19-15-10-8-14(9-11-15)16(17(18)20-2)12-13-6-4-3-5-7-13/h3-12H,1-2H3/b16-12-. The Morgan fingerprint density at radius 3 is 2.15 bits per heavy atom. The third-order valence-corrected chi connectivity index (χ3v) is 2.92. The number of hydrogen-bond acceptors (Lipinski definition) is 3. The highest BCUT2D eigenvalue weighted by molar-refractivity contribution is 6.21. The van der Waals surface area contributed by atoms with Gasteiger partial charge in [0.05, 0.1) is 19.8 Å². The zero-order valence-electron chi connectivity index (χ0n) is 11.5. The molecule has 102 valence electrons. The van der Waals surface area contributed by atoms with Crippen molar-refractivity contribution in [3.05, 3.63) is 65.7 Å². The van der Waals surface area contributed by atoms with E-state index in [1.54, 1.807) is 7.11 Å². The molecule has 2 aromatic carbocycles. The fraction of sp³-hybridized carbons (Fsp3) is 0.118. The van der Waals surface area contributed by atoms with Crippen molar-refractivity contribution in [3.8, 4) is 5.75 Å². The quantitative estimate of drug-likeness (QED) is 0.484. The van der Waals surface area contributed by atoms with E-state index in [9.17, 15) is 4.79 Å². The first-order chi connectivity index (χ1) is 9.74. The van der Waals surface area contributed by atoms with Crippen LogP contribution in [0.1, 0.15) is 11.1 Å². The molecule has 0 bridgehead atoms. The van der Waals surface area contributed by atoms with Gasteiger partial charge in [-0.3, -0.25) is 0 Å². The van der Waals surface area contributed by atoms with E-state index in [1.807, 2.05) is 60.7 Å². The first-order valence-electron chi connectivity index (χ1n) is 6.24. The van der Waals surface area contributed by atoms with Crippen molar-refractivity contribution >= 4 is 17.6 Å². The number of esters is 1. The molecule has 0 unspecified atom stereocenters. The zero-order chi connectivity index (χ0) is 14.4. The molecule has 2 aromatic rings. The van der Waals surface area contributed by atoms with Crippen LogP contribution in [-0.4, -0.2) is 20.2 Å². The number of rotatable bonds is 4. The lowest BCUT2D eigenvalue weighted by Crippen LogP contribution is -2.03. The first kappa shape index (κ1) is 13.9. The molecule has 0 fully saturated rings. The largest absolute Gasteiger partial charge is 0.497 e. The maximum atomic E-state index is 11.9. The summed E-state index contributed by atoms with van der Waals surface area (Å²) >= 11 is 0. The van der Waals surface area contributed by atoms with Gasteiger partial charge in [-0.05, 0) is 29.3 Å². The van der Waals surface area contributed by atoms with Crippen LogP contribution in [0.15, 0.2) is 54.6 Å². The van der Waals surface area contributed by atoms with E-state index in [4.69, 9.17) is 9.47 Å². The summed E-state index contributed by atoms with van der Waals surface area (Å²) in [6.45, 7) is 0. The average molecular weight is 268 g/mol. The van der Waals surface area contributed by atoms with Crippen LogP contribution in [0.25, 0.3) is 11.6 Å². The summed E-state index contributed by atoms with van der Waals surface area (Å²) in [5.41, 5.74) is 2.26. The van der Waals surface area contributed by atoms with Crippen LogP contribution in [0, 0.1) is 0 Å². The Morgan fingerprint density at radius 2 is 1.60 bits per heavy atom. The van der Waals surface area contributed by atoms with E-state index in [0.717, 1.165) is 16.9 Å². The fourth-order valence-corrected chi connectivity index (χ4v) is 1.86. The molecule has 0 spiro atoms. The molecule has 0 saturated heterocycles. The van der Waals surface area contributed by atoms with E-state index >= 15 is 0 Å². The predicted molar refractivity (Wildman–Crippen MR) is 79.3 cm³/mol. The van der Waals surface area contributed by atoms with E-state index in [-0.39, 0.29) is 5.97 Å². The van der Waals surface area contributed by atoms with Crippen molar-refractivity contribution < 1.29 is 14.3 Å². The molecule has 0 N–H and O–H groups in total. The lowest BCUT2D eigenvalue weighted by Gasteiger charge is -2.07. The number of hydrogen-bond donors (Lipinski definition) is 0. The molecular formula is C17H16O3. The van der Waals surface area contributed by atoms with Crippen LogP contribution in [0.3, 0.4) is 0 Å². The highest BCUT2D eigenvalue weighted by Crippen LogP contribution is 2.22. The normalized spacial score (nSPS) is 11.0. The van der Waals surface area contributed by atoms with Crippen LogP contribution in [-0.2, 0) is 9.53 Å². The number of methoxy groups -OCH3 is 2. The molecule has 0 aliphatic rings. The topological polar surface area (TPSA) is 35.5 Å². The molecule has 0 aromatic heterocycles. The Hall–Kier alpha value is -2.55. The van der Waals surface area contributed by atoms with Crippen LogP contribution in [0.5, 0.6) is 5.75 Å². The Kier molecular flexibility index (Phi) is 4.56. The first-order valence-corrected chi connectivity index (χ1v) is 6.24. The maximum Gasteiger partial charge on any atom is 0.338 e. The second kappa shape index (κ2) is 6.57. The van der Waals surface area contributed by atoms with Crippen LogP contribution in [0.2, 0.25) is 0 Å². The monoisotopic (exact) mass is 268 g/mol. The molecule has 2 rings (SSSR count). The molecule has 3 heteroatoms. The molecule has 20 heavy (non-hydrogen) atoms. The molecule has 0 atom stereocenters. The highest BCUT2D eigenvalue weighted by atomic mass is 16.5. The number of carbonyl (C=O) groups excluding carboxylic acids is 1. The van der Waals surface area contributed by atoms with Crippen molar-refractivity contribution in [1.29, 1.82) is 0 Å². The maximum absolute atomic E-state index is 11.9. The SMILES string of the molecule is COC(=O)/C(=C\c1ccccc1)c1ccc(OC)cc1. The summed E-state index contributed by atoms with van der Waals surface area (Å²) in [6, 6.07) is 17.0. The van der Waals surface area contributed by atoms with Crippen molar-refractivity contribution in [2.45, 2.75) is 0 Å². The van der Waals surface area contributed by atoms with Crippen LogP contribution < -0.4 is 4.74 Å². The third kappa shape index (κ3) is 3.26. The smallest absolute Gasteiger partial charge is 0.338 e. The van der Waals surface area contributed by atoms with Crippen LogP contribution in [0.4, 0.5) is 0 Å². The Balaban J connectivity index is 2.42. The fourth-order valence-electron chi connectivity index (χ4n) is 1.86. The van der Waals surface area contributed by atoms with Gasteiger partial charge in [0.1, 0.15) is 5.75 Å². The van der Waals surface area contributed by atoms with Gasteiger partial charge in [-0.1, -0.05) is 42.5 Å². The van der Waals surface area contributed by atoms with Gasteiger partial charge in [-0.15, -0.1) is 0 Å². The van der Waals surface area contributed by atoms with Crippen molar-refractivity contribution in [3.63, 3.8) is 0 Å². The minimum atomic E-state index is -0.362. The summed E-state index contributed by atoms with van der Waals surface area (Å²) in [5.74, 6) is 0.386. The Morgan fingerprint density at radius 1 is 0.950 bits per heavy atom. The van der Waals surface area contributed by atoms with Gasteiger partial charge in [0.2, 0.25) is 0 Å². The van der Waals surface area contributed by atoms with Gasteiger partial charge in [-0.25, -0.2) is 4.79 Å². The summed E-state index contributed by atoms with van der Waals surface area (Å²) in [4.78, 5) is 11.9. The van der Waals surface area contributed by atoms with Crippen molar-refractivity contribution in [1.82, 2.24) is 0 Å². The van der Waals surface area contributed by atoms with E-state index in [2.05, 4.69) is 0 Å². The van der Waals surface area contributed by atoms with Crippen molar-refractivity contribution in [2.24, 2.45) is 0 Å². The summed E-state index contributed by atoms with van der Waals surface area (Å²) in [6.07, 6.45) is 1.81. The average Bonchev–Trinajstić information content (AvgIpc) is 2.53. The van der Waals surface area contributed by atoms with Crippen LogP contribution >= 0.6 is 0 Å². The molecule has 0 radical (unpaired) electrons. The second-order valence-electron chi connectivity index (χ2n) is 4.19. The molecule has 0 aliphatic heterocycles. The highest BCUT2D eigenvalue weighted by Gasteiger charge is 2.12. The van der Waals surface area contributed by atoms with E-state index in [0.29, 0.717) is 5.57 Å². The number of ether oxygens (including phenoxy) is 2. The van der Waals surface area contributed by atoms with E-state index in [1.165, 1.54) is 7.11 Å².